The first-order chi connectivity index (χ1) is 18.2. The van der Waals surface area contributed by atoms with Crippen LogP contribution in [-0.2, 0) is 4.79 Å². The number of fused-ring (bicyclic) bond motifs is 2. The van der Waals surface area contributed by atoms with Gasteiger partial charge >= 0.3 is 0 Å². The zero-order valence-electron chi connectivity index (χ0n) is 20.5. The molecule has 37 heavy (non-hydrogen) atoms. The lowest BCUT2D eigenvalue weighted by Gasteiger charge is -2.07. The van der Waals surface area contributed by atoms with Crippen LogP contribution in [0.2, 0.25) is 0 Å². The fourth-order valence-electron chi connectivity index (χ4n) is 4.69. The highest BCUT2D eigenvalue weighted by Crippen LogP contribution is 2.35. The molecule has 0 fully saturated rings. The first-order valence-electron chi connectivity index (χ1n) is 12.5. The van der Waals surface area contributed by atoms with Gasteiger partial charge in [-0.1, -0.05) is 31.5 Å². The van der Waals surface area contributed by atoms with Gasteiger partial charge in [0, 0.05) is 46.9 Å². The number of amides is 1. The molecule has 4 aromatic heterocycles. The minimum Gasteiger partial charge on any atom is -0.353 e. The Morgan fingerprint density at radius 1 is 0.865 bits per heavy atom. The highest BCUT2D eigenvalue weighted by molar-refractivity contribution is 6.02. The van der Waals surface area contributed by atoms with Gasteiger partial charge in [0.25, 0.3) is 0 Å². The molecule has 0 bridgehead atoms. The molecule has 3 N–H and O–H groups in total. The lowest BCUT2D eigenvalue weighted by Crippen LogP contribution is -2.11. The van der Waals surface area contributed by atoms with E-state index in [2.05, 4.69) is 67.7 Å². The zero-order chi connectivity index (χ0) is 25.2. The van der Waals surface area contributed by atoms with Gasteiger partial charge in [-0.2, -0.15) is 5.10 Å². The van der Waals surface area contributed by atoms with E-state index in [9.17, 15) is 4.79 Å². The summed E-state index contributed by atoms with van der Waals surface area (Å²) < 4.78 is 0. The number of aromatic amines is 2. The second-order valence-electron chi connectivity index (χ2n) is 9.13. The molecule has 2 aromatic carbocycles. The van der Waals surface area contributed by atoms with Crippen molar-refractivity contribution in [1.29, 1.82) is 0 Å². The molecule has 0 spiro atoms. The first-order valence-corrected chi connectivity index (χ1v) is 12.5. The number of nitrogens with zero attached hydrogens (tertiary/aromatic N) is 3. The molecule has 0 aliphatic rings. The molecule has 0 atom stereocenters. The SMILES string of the molecule is CCCCC(=O)Nc1cncc(-c2ccc3[nH]nc(-c4cc5c(-c6ccncc6)cccc5[nH]4)c3c2)c1. The van der Waals surface area contributed by atoms with E-state index in [0.29, 0.717) is 12.1 Å². The Morgan fingerprint density at radius 2 is 1.76 bits per heavy atom. The third kappa shape index (κ3) is 4.47. The number of aromatic nitrogens is 5. The van der Waals surface area contributed by atoms with Gasteiger partial charge in [-0.25, -0.2) is 0 Å². The summed E-state index contributed by atoms with van der Waals surface area (Å²) in [5.74, 6) is 0.0123. The Labute approximate surface area is 214 Å². The van der Waals surface area contributed by atoms with Crippen LogP contribution in [0.4, 0.5) is 5.69 Å². The third-order valence-electron chi connectivity index (χ3n) is 6.59. The van der Waals surface area contributed by atoms with E-state index in [-0.39, 0.29) is 5.91 Å². The molecular weight excluding hydrogens is 460 g/mol. The number of benzene rings is 2. The standard InChI is InChI=1S/C30H26N6O/c1-2-3-7-29(37)33-22-14-21(17-32-18-22)20-8-9-27-25(15-20)30(36-35-27)28-16-24-23(5-4-6-26(24)34-28)19-10-12-31-13-11-19/h4-6,8-18,34H,2-3,7H2,1H3,(H,33,37)(H,35,36). The molecule has 7 nitrogen and oxygen atoms in total. The number of hydrogen-bond donors (Lipinski definition) is 3. The van der Waals surface area contributed by atoms with Crippen LogP contribution >= 0.6 is 0 Å². The van der Waals surface area contributed by atoms with E-state index in [4.69, 9.17) is 0 Å². The molecular formula is C30H26N6O. The van der Waals surface area contributed by atoms with E-state index in [1.807, 2.05) is 48.9 Å². The van der Waals surface area contributed by atoms with Crippen molar-refractivity contribution in [3.63, 3.8) is 0 Å². The summed E-state index contributed by atoms with van der Waals surface area (Å²) in [4.78, 5) is 24.2. The van der Waals surface area contributed by atoms with Gasteiger partial charge in [0.1, 0.15) is 5.69 Å². The predicted molar refractivity (Wildman–Crippen MR) is 148 cm³/mol. The van der Waals surface area contributed by atoms with Crippen molar-refractivity contribution in [3.8, 4) is 33.6 Å². The van der Waals surface area contributed by atoms with Gasteiger partial charge in [0.15, 0.2) is 0 Å². The smallest absolute Gasteiger partial charge is 0.224 e. The third-order valence-corrected chi connectivity index (χ3v) is 6.59. The highest BCUT2D eigenvalue weighted by Gasteiger charge is 2.14. The summed E-state index contributed by atoms with van der Waals surface area (Å²) in [5, 5.41) is 12.9. The van der Waals surface area contributed by atoms with E-state index in [1.54, 1.807) is 6.20 Å². The monoisotopic (exact) mass is 486 g/mol. The van der Waals surface area contributed by atoms with E-state index in [1.165, 1.54) is 0 Å². The Bertz CT molecular complexity index is 1720. The van der Waals surface area contributed by atoms with Crippen LogP contribution in [0.1, 0.15) is 26.2 Å². The number of anilines is 1. The Balaban J connectivity index is 1.37. The summed E-state index contributed by atoms with van der Waals surface area (Å²) >= 11 is 0. The van der Waals surface area contributed by atoms with Crippen molar-refractivity contribution in [2.24, 2.45) is 0 Å². The number of carbonyl (C=O) groups is 1. The molecule has 0 unspecified atom stereocenters. The summed E-state index contributed by atoms with van der Waals surface area (Å²) in [5.41, 5.74) is 8.68. The summed E-state index contributed by atoms with van der Waals surface area (Å²) in [7, 11) is 0. The number of rotatable bonds is 7. The maximum absolute atomic E-state index is 12.2. The minimum atomic E-state index is 0.0123. The van der Waals surface area contributed by atoms with Gasteiger partial charge in [0.2, 0.25) is 5.91 Å². The summed E-state index contributed by atoms with van der Waals surface area (Å²) in [6, 6.07) is 20.6. The van der Waals surface area contributed by atoms with E-state index >= 15 is 0 Å². The number of pyridine rings is 2. The van der Waals surface area contributed by atoms with Crippen molar-refractivity contribution < 1.29 is 4.79 Å². The quantitative estimate of drug-likeness (QED) is 0.227. The summed E-state index contributed by atoms with van der Waals surface area (Å²) in [6.45, 7) is 2.07. The van der Waals surface area contributed by atoms with Crippen molar-refractivity contribution in [2.75, 3.05) is 5.32 Å². The number of carbonyl (C=O) groups excluding carboxylic acids is 1. The second-order valence-corrected chi connectivity index (χ2v) is 9.13. The Kier molecular flexibility index (Phi) is 5.94. The Hall–Kier alpha value is -4.78. The summed E-state index contributed by atoms with van der Waals surface area (Å²) in [6.07, 6.45) is 9.48. The molecule has 0 aliphatic carbocycles. The van der Waals surface area contributed by atoms with Crippen molar-refractivity contribution in [1.82, 2.24) is 25.1 Å². The zero-order valence-corrected chi connectivity index (χ0v) is 20.5. The van der Waals surface area contributed by atoms with Crippen LogP contribution in [0.5, 0.6) is 0 Å². The van der Waals surface area contributed by atoms with Gasteiger partial charge < -0.3 is 10.3 Å². The molecule has 1 amide bonds. The van der Waals surface area contributed by atoms with E-state index in [0.717, 1.165) is 68.3 Å². The van der Waals surface area contributed by atoms with Crippen LogP contribution in [-0.4, -0.2) is 31.1 Å². The molecule has 0 saturated heterocycles. The van der Waals surface area contributed by atoms with Gasteiger partial charge in [-0.05, 0) is 65.6 Å². The predicted octanol–water partition coefficient (Wildman–Crippen LogP) is 6.96. The highest BCUT2D eigenvalue weighted by atomic mass is 16.1. The fourth-order valence-corrected chi connectivity index (χ4v) is 4.69. The van der Waals surface area contributed by atoms with Crippen LogP contribution in [0.3, 0.4) is 0 Å². The minimum absolute atomic E-state index is 0.0123. The molecule has 6 rings (SSSR count). The van der Waals surface area contributed by atoms with Crippen LogP contribution in [0.25, 0.3) is 55.4 Å². The van der Waals surface area contributed by atoms with Crippen molar-refractivity contribution in [3.05, 3.63) is 85.5 Å². The maximum atomic E-state index is 12.2. The topological polar surface area (TPSA) is 99.3 Å². The Morgan fingerprint density at radius 3 is 2.62 bits per heavy atom. The van der Waals surface area contributed by atoms with Crippen LogP contribution in [0, 0.1) is 0 Å². The average molecular weight is 487 g/mol. The molecule has 0 radical (unpaired) electrons. The number of nitrogens with one attached hydrogen (secondary N) is 3. The second kappa shape index (κ2) is 9.70. The van der Waals surface area contributed by atoms with Crippen molar-refractivity contribution in [2.45, 2.75) is 26.2 Å². The molecule has 0 aliphatic heterocycles. The average Bonchev–Trinajstić information content (AvgIpc) is 3.56. The molecule has 7 heteroatoms. The normalized spacial score (nSPS) is 11.3. The largest absolute Gasteiger partial charge is 0.353 e. The molecule has 6 aromatic rings. The van der Waals surface area contributed by atoms with Crippen molar-refractivity contribution >= 4 is 33.4 Å². The maximum Gasteiger partial charge on any atom is 0.224 e. The first kappa shape index (κ1) is 22.7. The number of hydrogen-bond acceptors (Lipinski definition) is 4. The molecule has 4 heterocycles. The van der Waals surface area contributed by atoms with Gasteiger partial charge in [0.05, 0.1) is 23.1 Å². The lowest BCUT2D eigenvalue weighted by atomic mass is 10.0. The van der Waals surface area contributed by atoms with Gasteiger partial charge in [-0.3, -0.25) is 19.9 Å². The molecule has 182 valence electrons. The van der Waals surface area contributed by atoms with E-state index < -0.39 is 0 Å². The number of unbranched alkanes of at least 4 members (excludes halogenated alkanes) is 1. The molecule has 0 saturated carbocycles. The van der Waals surface area contributed by atoms with Crippen LogP contribution in [0.15, 0.2) is 85.5 Å². The lowest BCUT2D eigenvalue weighted by molar-refractivity contribution is -0.116. The van der Waals surface area contributed by atoms with Gasteiger partial charge in [-0.15, -0.1) is 0 Å². The number of H-pyrrole nitrogens is 2. The van der Waals surface area contributed by atoms with Crippen LogP contribution < -0.4 is 5.32 Å². The fraction of sp³-hybridized carbons (Fsp3) is 0.133.